The lowest BCUT2D eigenvalue weighted by molar-refractivity contribution is -0.123. The van der Waals surface area contributed by atoms with Crippen LogP contribution in [0.1, 0.15) is 44.6 Å². The summed E-state index contributed by atoms with van der Waals surface area (Å²) in [6, 6.07) is 10.9. The van der Waals surface area contributed by atoms with Crippen LogP contribution in [0.3, 0.4) is 0 Å². The molecule has 1 heterocycles. The Morgan fingerprint density at radius 2 is 2.11 bits per heavy atom. The van der Waals surface area contributed by atoms with Crippen molar-refractivity contribution in [3.63, 3.8) is 0 Å². The van der Waals surface area contributed by atoms with Crippen molar-refractivity contribution < 1.29 is 4.79 Å². The van der Waals surface area contributed by atoms with Gasteiger partial charge in [-0.25, -0.2) is 0 Å². The van der Waals surface area contributed by atoms with Crippen molar-refractivity contribution in [1.82, 2.24) is 10.6 Å². The minimum Gasteiger partial charge on any atom is -0.352 e. The van der Waals surface area contributed by atoms with E-state index in [4.69, 9.17) is 0 Å². The molecule has 2 rings (SSSR count). The first kappa shape index (κ1) is 14.1. The number of piperidine rings is 1. The van der Waals surface area contributed by atoms with Crippen molar-refractivity contribution in [2.24, 2.45) is 0 Å². The second kappa shape index (κ2) is 6.71. The largest absolute Gasteiger partial charge is 0.352 e. The number of hydrogen-bond donors (Lipinski definition) is 2. The fourth-order valence-corrected chi connectivity index (χ4v) is 2.68. The molecule has 0 aliphatic carbocycles. The molecule has 1 aliphatic heterocycles. The average Bonchev–Trinajstić information content (AvgIpc) is 2.43. The molecule has 19 heavy (non-hydrogen) atoms. The van der Waals surface area contributed by atoms with Crippen molar-refractivity contribution in [2.45, 2.75) is 51.1 Å². The molecule has 0 saturated carbocycles. The van der Waals surface area contributed by atoms with Crippen LogP contribution in [-0.2, 0) is 4.79 Å². The summed E-state index contributed by atoms with van der Waals surface area (Å²) in [5, 5.41) is 6.61. The smallest absolute Gasteiger partial charge is 0.227 e. The molecule has 1 amide bonds. The van der Waals surface area contributed by atoms with E-state index in [-0.39, 0.29) is 17.9 Å². The van der Waals surface area contributed by atoms with Gasteiger partial charge in [0.15, 0.2) is 0 Å². The molecule has 0 bridgehead atoms. The first-order chi connectivity index (χ1) is 9.20. The van der Waals surface area contributed by atoms with E-state index < -0.39 is 0 Å². The quantitative estimate of drug-likeness (QED) is 0.873. The molecule has 104 valence electrons. The first-order valence-electron chi connectivity index (χ1n) is 7.29. The van der Waals surface area contributed by atoms with Gasteiger partial charge in [-0.3, -0.25) is 4.79 Å². The summed E-state index contributed by atoms with van der Waals surface area (Å²) >= 11 is 0. The van der Waals surface area contributed by atoms with Crippen LogP contribution in [0.4, 0.5) is 0 Å². The second-order valence-electron chi connectivity index (χ2n) is 5.46. The topological polar surface area (TPSA) is 41.1 Å². The fourth-order valence-electron chi connectivity index (χ4n) is 2.68. The second-order valence-corrected chi connectivity index (χ2v) is 5.46. The molecule has 1 saturated heterocycles. The van der Waals surface area contributed by atoms with E-state index in [1.165, 1.54) is 0 Å². The van der Waals surface area contributed by atoms with Crippen LogP contribution in [0, 0.1) is 0 Å². The predicted octanol–water partition coefficient (Wildman–Crippen LogP) is 2.44. The van der Waals surface area contributed by atoms with E-state index in [2.05, 4.69) is 24.5 Å². The molecule has 3 unspecified atom stereocenters. The highest BCUT2D eigenvalue weighted by molar-refractivity contribution is 5.83. The monoisotopic (exact) mass is 260 g/mol. The molecule has 0 spiro atoms. The van der Waals surface area contributed by atoms with Gasteiger partial charge in [0.25, 0.3) is 0 Å². The Morgan fingerprint density at radius 1 is 1.37 bits per heavy atom. The van der Waals surface area contributed by atoms with Gasteiger partial charge < -0.3 is 10.6 Å². The maximum Gasteiger partial charge on any atom is 0.227 e. The molecule has 1 aliphatic rings. The zero-order valence-corrected chi connectivity index (χ0v) is 11.9. The lowest BCUT2D eigenvalue weighted by atomic mass is 9.94. The third-order valence-corrected chi connectivity index (χ3v) is 3.93. The molecule has 3 heteroatoms. The third-order valence-electron chi connectivity index (χ3n) is 3.93. The van der Waals surface area contributed by atoms with Crippen molar-refractivity contribution in [1.29, 1.82) is 0 Å². The number of nitrogens with one attached hydrogen (secondary N) is 2. The van der Waals surface area contributed by atoms with Crippen LogP contribution >= 0.6 is 0 Å². The van der Waals surface area contributed by atoms with Gasteiger partial charge in [-0.15, -0.1) is 0 Å². The Labute approximate surface area is 115 Å². The molecule has 0 aromatic heterocycles. The minimum absolute atomic E-state index is 0.0273. The fraction of sp³-hybridized carbons (Fsp3) is 0.562. The standard InChI is InChI=1S/C16H24N2O/c1-3-15(13-7-5-4-6-8-13)16(19)18-14-10-9-12(2)17-11-14/h4-8,12,14-15,17H,3,9-11H2,1-2H3,(H,18,19). The van der Waals surface area contributed by atoms with E-state index in [0.717, 1.165) is 31.4 Å². The summed E-state index contributed by atoms with van der Waals surface area (Å²) in [5.41, 5.74) is 1.11. The molecule has 3 nitrogen and oxygen atoms in total. The van der Waals surface area contributed by atoms with Crippen molar-refractivity contribution in [3.05, 3.63) is 35.9 Å². The summed E-state index contributed by atoms with van der Waals surface area (Å²) in [7, 11) is 0. The Balaban J connectivity index is 1.94. The maximum absolute atomic E-state index is 12.4. The molecule has 0 radical (unpaired) electrons. The van der Waals surface area contributed by atoms with Gasteiger partial charge in [0.2, 0.25) is 5.91 Å². The van der Waals surface area contributed by atoms with E-state index in [0.29, 0.717) is 6.04 Å². The molecule has 1 fully saturated rings. The Kier molecular flexibility index (Phi) is 4.97. The van der Waals surface area contributed by atoms with Crippen LogP contribution in [0.5, 0.6) is 0 Å². The van der Waals surface area contributed by atoms with Crippen LogP contribution in [-0.4, -0.2) is 24.5 Å². The van der Waals surface area contributed by atoms with Crippen LogP contribution < -0.4 is 10.6 Å². The van der Waals surface area contributed by atoms with Gasteiger partial charge in [0, 0.05) is 18.6 Å². The minimum atomic E-state index is -0.0273. The number of rotatable bonds is 4. The van der Waals surface area contributed by atoms with Gasteiger partial charge in [-0.05, 0) is 31.7 Å². The number of amides is 1. The third kappa shape index (κ3) is 3.80. The highest BCUT2D eigenvalue weighted by Crippen LogP contribution is 2.20. The number of carbonyl (C=O) groups excluding carboxylic acids is 1. The van der Waals surface area contributed by atoms with Crippen LogP contribution in [0.25, 0.3) is 0 Å². The average molecular weight is 260 g/mol. The van der Waals surface area contributed by atoms with E-state index in [1.54, 1.807) is 0 Å². The molecular weight excluding hydrogens is 236 g/mol. The number of hydrogen-bond acceptors (Lipinski definition) is 2. The van der Waals surface area contributed by atoms with E-state index >= 15 is 0 Å². The Morgan fingerprint density at radius 3 is 2.68 bits per heavy atom. The molecule has 3 atom stereocenters. The van der Waals surface area contributed by atoms with Gasteiger partial charge >= 0.3 is 0 Å². The zero-order valence-electron chi connectivity index (χ0n) is 11.9. The van der Waals surface area contributed by atoms with Crippen molar-refractivity contribution >= 4 is 5.91 Å². The normalized spacial score (nSPS) is 24.7. The van der Waals surface area contributed by atoms with Gasteiger partial charge in [0.1, 0.15) is 0 Å². The lowest BCUT2D eigenvalue weighted by Crippen LogP contribution is -2.49. The Hall–Kier alpha value is -1.35. The summed E-state index contributed by atoms with van der Waals surface area (Å²) in [4.78, 5) is 12.4. The molecule has 1 aromatic rings. The van der Waals surface area contributed by atoms with Crippen LogP contribution in [0.2, 0.25) is 0 Å². The number of benzene rings is 1. The maximum atomic E-state index is 12.4. The summed E-state index contributed by atoms with van der Waals surface area (Å²) in [6.45, 7) is 5.15. The SMILES string of the molecule is CCC(C(=O)NC1CCC(C)NC1)c1ccccc1. The summed E-state index contributed by atoms with van der Waals surface area (Å²) in [5.74, 6) is 0.135. The van der Waals surface area contributed by atoms with Crippen molar-refractivity contribution in [2.75, 3.05) is 6.54 Å². The molecule has 1 aromatic carbocycles. The van der Waals surface area contributed by atoms with Gasteiger partial charge in [0.05, 0.1) is 5.92 Å². The van der Waals surface area contributed by atoms with Gasteiger partial charge in [-0.1, -0.05) is 37.3 Å². The highest BCUT2D eigenvalue weighted by Gasteiger charge is 2.23. The molecular formula is C16H24N2O. The highest BCUT2D eigenvalue weighted by atomic mass is 16.1. The van der Waals surface area contributed by atoms with Gasteiger partial charge in [-0.2, -0.15) is 0 Å². The first-order valence-corrected chi connectivity index (χ1v) is 7.29. The van der Waals surface area contributed by atoms with Crippen molar-refractivity contribution in [3.8, 4) is 0 Å². The molecule has 2 N–H and O–H groups in total. The lowest BCUT2D eigenvalue weighted by Gasteiger charge is -2.29. The predicted molar refractivity (Wildman–Crippen MR) is 78.1 cm³/mol. The van der Waals surface area contributed by atoms with E-state index in [9.17, 15) is 4.79 Å². The van der Waals surface area contributed by atoms with Crippen LogP contribution in [0.15, 0.2) is 30.3 Å². The Bertz CT molecular complexity index is 396. The zero-order chi connectivity index (χ0) is 13.7. The summed E-state index contributed by atoms with van der Waals surface area (Å²) in [6.07, 6.45) is 3.05. The van der Waals surface area contributed by atoms with E-state index in [1.807, 2.05) is 30.3 Å². The number of carbonyl (C=O) groups is 1. The summed E-state index contributed by atoms with van der Waals surface area (Å²) < 4.78 is 0.